The molecule has 0 radical (unpaired) electrons. The molecule has 1 fully saturated rings. The minimum absolute atomic E-state index is 0.156. The van der Waals surface area contributed by atoms with E-state index in [0.717, 1.165) is 16.7 Å². The molecule has 0 spiro atoms. The third kappa shape index (κ3) is 7.46. The Kier molecular flexibility index (Phi) is 9.61. The number of hydrogen-bond donors (Lipinski definition) is 1. The molecule has 1 N–H and O–H groups in total. The first-order valence-corrected chi connectivity index (χ1v) is 12.0. The zero-order valence-corrected chi connectivity index (χ0v) is 20.3. The van der Waals surface area contributed by atoms with Gasteiger partial charge in [0.2, 0.25) is 0 Å². The number of esters is 1. The van der Waals surface area contributed by atoms with Gasteiger partial charge in [-0.05, 0) is 16.7 Å². The van der Waals surface area contributed by atoms with Crippen LogP contribution in [0.1, 0.15) is 23.6 Å². The van der Waals surface area contributed by atoms with Crippen LogP contribution in [-0.2, 0) is 48.3 Å². The molecule has 1 saturated heterocycles. The van der Waals surface area contributed by atoms with Crippen molar-refractivity contribution >= 4 is 5.97 Å². The molecule has 190 valence electrons. The lowest BCUT2D eigenvalue weighted by atomic mass is 9.98. The third-order valence-electron chi connectivity index (χ3n) is 5.88. The quantitative estimate of drug-likeness (QED) is 0.405. The summed E-state index contributed by atoms with van der Waals surface area (Å²) in [6.07, 6.45) is -4.56. The van der Waals surface area contributed by atoms with Gasteiger partial charge in [-0.2, -0.15) is 0 Å². The molecule has 3 aromatic carbocycles. The second-order valence-corrected chi connectivity index (χ2v) is 8.66. The van der Waals surface area contributed by atoms with E-state index in [9.17, 15) is 9.90 Å². The first kappa shape index (κ1) is 26.0. The van der Waals surface area contributed by atoms with Gasteiger partial charge in [0.05, 0.1) is 26.4 Å². The fraction of sp³-hybridized carbons (Fsp3) is 0.345. The van der Waals surface area contributed by atoms with E-state index in [2.05, 4.69) is 0 Å². The number of ether oxygens (including phenoxy) is 5. The van der Waals surface area contributed by atoms with Gasteiger partial charge in [-0.3, -0.25) is 4.79 Å². The van der Waals surface area contributed by atoms with E-state index in [1.165, 1.54) is 6.92 Å². The second kappa shape index (κ2) is 13.3. The van der Waals surface area contributed by atoms with Gasteiger partial charge in [-0.15, -0.1) is 0 Å². The molecule has 1 aliphatic rings. The molecule has 0 aliphatic carbocycles. The molecule has 36 heavy (non-hydrogen) atoms. The van der Waals surface area contributed by atoms with Gasteiger partial charge in [-0.1, -0.05) is 91.0 Å². The van der Waals surface area contributed by atoms with E-state index in [1.807, 2.05) is 91.0 Å². The number of rotatable bonds is 11. The van der Waals surface area contributed by atoms with E-state index in [4.69, 9.17) is 23.7 Å². The molecule has 7 nitrogen and oxygen atoms in total. The predicted octanol–water partition coefficient (Wildman–Crippen LogP) is 4.02. The SMILES string of the molecule is CC(=O)OC1C(O)OC(COCc2ccccc2)C(OCc2ccccc2)C1OCc1ccccc1. The van der Waals surface area contributed by atoms with E-state index in [1.54, 1.807) is 0 Å². The van der Waals surface area contributed by atoms with Gasteiger partial charge in [0.1, 0.15) is 18.3 Å². The van der Waals surface area contributed by atoms with Crippen molar-refractivity contribution in [1.82, 2.24) is 0 Å². The van der Waals surface area contributed by atoms with E-state index < -0.39 is 36.7 Å². The standard InChI is InChI=1S/C29H32O7/c1-21(30)35-28-27(34-19-24-15-9-4-10-16-24)26(33-18-23-13-7-3-8-14-23)25(36-29(28)31)20-32-17-22-11-5-2-6-12-22/h2-16,25-29,31H,17-20H2,1H3. The molecule has 5 atom stereocenters. The van der Waals surface area contributed by atoms with Crippen LogP contribution in [0.15, 0.2) is 91.0 Å². The van der Waals surface area contributed by atoms with Crippen molar-refractivity contribution in [3.63, 3.8) is 0 Å². The van der Waals surface area contributed by atoms with Crippen LogP contribution in [0.4, 0.5) is 0 Å². The average Bonchev–Trinajstić information content (AvgIpc) is 2.90. The lowest BCUT2D eigenvalue weighted by molar-refractivity contribution is -0.309. The number of benzene rings is 3. The summed E-state index contributed by atoms with van der Waals surface area (Å²) in [6.45, 7) is 2.36. The zero-order valence-electron chi connectivity index (χ0n) is 20.3. The maximum Gasteiger partial charge on any atom is 0.303 e. The first-order valence-electron chi connectivity index (χ1n) is 12.0. The predicted molar refractivity (Wildman–Crippen MR) is 133 cm³/mol. The van der Waals surface area contributed by atoms with Crippen LogP contribution in [0.3, 0.4) is 0 Å². The minimum Gasteiger partial charge on any atom is -0.454 e. The number of aliphatic hydroxyl groups is 1. The Morgan fingerprint density at radius 3 is 1.69 bits per heavy atom. The highest BCUT2D eigenvalue weighted by atomic mass is 16.7. The van der Waals surface area contributed by atoms with Crippen LogP contribution in [0.25, 0.3) is 0 Å². The van der Waals surface area contributed by atoms with Crippen molar-refractivity contribution in [3.05, 3.63) is 108 Å². The zero-order chi connectivity index (χ0) is 25.2. The molecular formula is C29H32O7. The largest absolute Gasteiger partial charge is 0.454 e. The van der Waals surface area contributed by atoms with Gasteiger partial charge in [0, 0.05) is 6.92 Å². The summed E-state index contributed by atoms with van der Waals surface area (Å²) in [4.78, 5) is 11.9. The smallest absolute Gasteiger partial charge is 0.303 e. The van der Waals surface area contributed by atoms with Crippen molar-refractivity contribution in [2.45, 2.75) is 57.5 Å². The van der Waals surface area contributed by atoms with Crippen LogP contribution in [-0.4, -0.2) is 48.4 Å². The Hall–Kier alpha value is -3.07. The molecule has 0 bridgehead atoms. The van der Waals surface area contributed by atoms with E-state index in [0.29, 0.717) is 6.61 Å². The minimum atomic E-state index is -1.39. The number of hydrogen-bond acceptors (Lipinski definition) is 7. The topological polar surface area (TPSA) is 83.5 Å². The normalized spacial score (nSPS) is 23.8. The monoisotopic (exact) mass is 492 g/mol. The van der Waals surface area contributed by atoms with Crippen LogP contribution >= 0.6 is 0 Å². The summed E-state index contributed by atoms with van der Waals surface area (Å²) >= 11 is 0. The molecule has 0 aromatic heterocycles. The molecule has 1 aliphatic heterocycles. The molecular weight excluding hydrogens is 460 g/mol. The third-order valence-corrected chi connectivity index (χ3v) is 5.88. The fourth-order valence-corrected chi connectivity index (χ4v) is 4.14. The highest BCUT2D eigenvalue weighted by Gasteiger charge is 2.49. The first-order chi connectivity index (χ1) is 17.6. The number of carbonyl (C=O) groups is 1. The second-order valence-electron chi connectivity index (χ2n) is 8.66. The van der Waals surface area contributed by atoms with Crippen molar-refractivity contribution in [3.8, 4) is 0 Å². The molecule has 5 unspecified atom stereocenters. The van der Waals surface area contributed by atoms with Gasteiger partial charge in [0.25, 0.3) is 0 Å². The maximum absolute atomic E-state index is 11.9. The summed E-state index contributed by atoms with van der Waals surface area (Å²) in [5, 5.41) is 10.8. The highest BCUT2D eigenvalue weighted by Crippen LogP contribution is 2.29. The van der Waals surface area contributed by atoms with Crippen molar-refractivity contribution < 1.29 is 33.6 Å². The molecule has 7 heteroatoms. The van der Waals surface area contributed by atoms with E-state index >= 15 is 0 Å². The Morgan fingerprint density at radius 2 is 1.19 bits per heavy atom. The fourth-order valence-electron chi connectivity index (χ4n) is 4.14. The van der Waals surface area contributed by atoms with Crippen molar-refractivity contribution in [2.75, 3.05) is 6.61 Å². The number of aliphatic hydroxyl groups excluding tert-OH is 1. The summed E-state index contributed by atoms with van der Waals surface area (Å²) in [5.41, 5.74) is 2.93. The Bertz CT molecular complexity index is 1040. The lowest BCUT2D eigenvalue weighted by Gasteiger charge is -2.44. The highest BCUT2D eigenvalue weighted by molar-refractivity contribution is 5.66. The summed E-state index contributed by atoms with van der Waals surface area (Å²) in [7, 11) is 0. The van der Waals surface area contributed by atoms with Crippen LogP contribution in [0.2, 0.25) is 0 Å². The molecule has 0 amide bonds. The Morgan fingerprint density at radius 1 is 0.722 bits per heavy atom. The summed E-state index contributed by atoms with van der Waals surface area (Å²) < 4.78 is 29.8. The van der Waals surface area contributed by atoms with Gasteiger partial charge >= 0.3 is 5.97 Å². The Balaban J connectivity index is 1.53. The molecule has 1 heterocycles. The van der Waals surface area contributed by atoms with Crippen molar-refractivity contribution in [2.24, 2.45) is 0 Å². The van der Waals surface area contributed by atoms with E-state index in [-0.39, 0.29) is 19.8 Å². The van der Waals surface area contributed by atoms with Crippen molar-refractivity contribution in [1.29, 1.82) is 0 Å². The maximum atomic E-state index is 11.9. The van der Waals surface area contributed by atoms with Crippen LogP contribution in [0.5, 0.6) is 0 Å². The van der Waals surface area contributed by atoms with Gasteiger partial charge in [0.15, 0.2) is 12.4 Å². The summed E-state index contributed by atoms with van der Waals surface area (Å²) in [6, 6.07) is 29.2. The molecule has 0 saturated carbocycles. The van der Waals surface area contributed by atoms with Crippen LogP contribution < -0.4 is 0 Å². The van der Waals surface area contributed by atoms with Gasteiger partial charge < -0.3 is 28.8 Å². The lowest BCUT2D eigenvalue weighted by Crippen LogP contribution is -2.61. The Labute approximate surface area is 211 Å². The molecule has 4 rings (SSSR count). The average molecular weight is 493 g/mol. The molecule has 3 aromatic rings. The number of carbonyl (C=O) groups excluding carboxylic acids is 1. The van der Waals surface area contributed by atoms with Crippen LogP contribution in [0, 0.1) is 0 Å². The summed E-state index contributed by atoms with van der Waals surface area (Å²) in [5.74, 6) is -0.545. The van der Waals surface area contributed by atoms with Gasteiger partial charge in [-0.25, -0.2) is 0 Å².